The van der Waals surface area contributed by atoms with E-state index in [-0.39, 0.29) is 0 Å². The maximum atomic E-state index is 5.54. The third-order valence-corrected chi connectivity index (χ3v) is 1.76. The van der Waals surface area contributed by atoms with Gasteiger partial charge in [-0.05, 0) is 18.9 Å². The highest BCUT2D eigenvalue weighted by Crippen LogP contribution is 2.38. The predicted molar refractivity (Wildman–Crippen MR) is 35.5 cm³/mol. The highest BCUT2D eigenvalue weighted by Gasteiger charge is 2.25. The molecule has 0 atom stereocenters. The van der Waals surface area contributed by atoms with Crippen LogP contribution in [0.5, 0.6) is 0 Å². The lowest BCUT2D eigenvalue weighted by atomic mass is 10.3. The second-order valence-corrected chi connectivity index (χ2v) is 2.75. The maximum absolute atomic E-state index is 5.54. The molecule has 1 aromatic heterocycles. The second-order valence-electron chi connectivity index (χ2n) is 2.40. The fraction of sp³-hybridized carbons (Fsp3) is 0.500. The van der Waals surface area contributed by atoms with E-state index < -0.39 is 0 Å². The van der Waals surface area contributed by atoms with Crippen LogP contribution < -0.4 is 0 Å². The Balaban J connectivity index is 2.28. The predicted octanol–water partition coefficient (Wildman–Crippen LogP) is 1.76. The molecule has 1 heterocycles. The zero-order valence-electron chi connectivity index (χ0n) is 4.92. The van der Waals surface area contributed by atoms with Crippen LogP contribution >= 0.6 is 11.8 Å². The molecule has 3 heteroatoms. The summed E-state index contributed by atoms with van der Waals surface area (Å²) in [5.74, 6) is 0.713. The second kappa shape index (κ2) is 1.74. The number of halogens is 1. The van der Waals surface area contributed by atoms with Crippen LogP contribution in [-0.2, 0) is 0 Å². The number of aromatic nitrogens is 2. The van der Waals surface area contributed by atoms with E-state index in [9.17, 15) is 0 Å². The molecule has 1 aliphatic rings. The summed E-state index contributed by atoms with van der Waals surface area (Å²) in [6.07, 6.45) is 4.34. The van der Waals surface area contributed by atoms with Gasteiger partial charge in [-0.1, -0.05) is 0 Å². The van der Waals surface area contributed by atoms with E-state index in [0.29, 0.717) is 5.92 Å². The molecule has 1 saturated carbocycles. The van der Waals surface area contributed by atoms with Gasteiger partial charge in [0.2, 0.25) is 0 Å². The molecule has 0 spiro atoms. The van der Waals surface area contributed by atoms with E-state index in [2.05, 4.69) is 5.10 Å². The zero-order valence-corrected chi connectivity index (χ0v) is 5.67. The summed E-state index contributed by atoms with van der Waals surface area (Å²) in [6, 6.07) is 1.98. The van der Waals surface area contributed by atoms with Crippen molar-refractivity contribution in [3.05, 3.63) is 18.0 Å². The van der Waals surface area contributed by atoms with Gasteiger partial charge in [0, 0.05) is 23.9 Å². The molecule has 0 aromatic carbocycles. The summed E-state index contributed by atoms with van der Waals surface area (Å²) in [7, 11) is 0. The summed E-state index contributed by atoms with van der Waals surface area (Å²) >= 11 is 5.54. The van der Waals surface area contributed by atoms with Gasteiger partial charge in [-0.2, -0.15) is 9.30 Å². The Hall–Kier alpha value is -0.500. The van der Waals surface area contributed by atoms with Gasteiger partial charge in [0.1, 0.15) is 0 Å². The first-order valence-corrected chi connectivity index (χ1v) is 3.42. The summed E-state index contributed by atoms with van der Waals surface area (Å²) in [4.78, 5) is 0. The maximum Gasteiger partial charge on any atom is 0.0670 e. The van der Waals surface area contributed by atoms with Crippen molar-refractivity contribution < 1.29 is 0 Å². The van der Waals surface area contributed by atoms with Crippen LogP contribution in [0.1, 0.15) is 24.5 Å². The Morgan fingerprint density at radius 1 is 1.67 bits per heavy atom. The molecule has 1 fully saturated rings. The molecule has 0 amide bonds. The van der Waals surface area contributed by atoms with Crippen LogP contribution in [0.15, 0.2) is 12.3 Å². The van der Waals surface area contributed by atoms with Crippen molar-refractivity contribution in [2.75, 3.05) is 0 Å². The third-order valence-electron chi connectivity index (χ3n) is 1.57. The van der Waals surface area contributed by atoms with Gasteiger partial charge in [0.25, 0.3) is 0 Å². The van der Waals surface area contributed by atoms with Crippen molar-refractivity contribution >= 4 is 11.8 Å². The van der Waals surface area contributed by atoms with Crippen LogP contribution in [0.2, 0.25) is 0 Å². The Kier molecular flexibility index (Phi) is 1.02. The minimum Gasteiger partial charge on any atom is -0.180 e. The van der Waals surface area contributed by atoms with E-state index in [1.165, 1.54) is 17.0 Å². The van der Waals surface area contributed by atoms with Gasteiger partial charge >= 0.3 is 0 Å². The van der Waals surface area contributed by atoms with Gasteiger partial charge in [0.15, 0.2) is 0 Å². The van der Waals surface area contributed by atoms with Crippen molar-refractivity contribution in [2.45, 2.75) is 18.8 Å². The topological polar surface area (TPSA) is 17.8 Å². The van der Waals surface area contributed by atoms with Gasteiger partial charge in [-0.25, -0.2) is 0 Å². The monoisotopic (exact) mass is 142 g/mol. The van der Waals surface area contributed by atoms with Crippen molar-refractivity contribution in [1.82, 2.24) is 9.30 Å². The highest BCUT2D eigenvalue weighted by atomic mass is 35.5. The van der Waals surface area contributed by atoms with Crippen molar-refractivity contribution in [1.29, 1.82) is 0 Å². The molecule has 0 bridgehead atoms. The lowest BCUT2D eigenvalue weighted by molar-refractivity contribution is 0.914. The van der Waals surface area contributed by atoms with Crippen molar-refractivity contribution in [3.8, 4) is 0 Å². The molecule has 0 radical (unpaired) electrons. The molecule has 0 aliphatic heterocycles. The van der Waals surface area contributed by atoms with Crippen LogP contribution in [0, 0.1) is 0 Å². The van der Waals surface area contributed by atoms with Gasteiger partial charge in [-0.3, -0.25) is 0 Å². The number of hydrogen-bond donors (Lipinski definition) is 0. The van der Waals surface area contributed by atoms with Gasteiger partial charge in [-0.15, -0.1) is 0 Å². The van der Waals surface area contributed by atoms with Crippen molar-refractivity contribution in [2.24, 2.45) is 0 Å². The van der Waals surface area contributed by atoms with Crippen LogP contribution in [0.4, 0.5) is 0 Å². The average Bonchev–Trinajstić information content (AvgIpc) is 2.58. The molecule has 9 heavy (non-hydrogen) atoms. The summed E-state index contributed by atoms with van der Waals surface area (Å²) in [5, 5.41) is 4.05. The quantitative estimate of drug-likeness (QED) is 0.584. The molecule has 0 saturated heterocycles. The molecule has 0 N–H and O–H groups in total. The molecular weight excluding hydrogens is 136 g/mol. The van der Waals surface area contributed by atoms with Gasteiger partial charge < -0.3 is 0 Å². The molecule has 1 aromatic rings. The SMILES string of the molecule is Cln1ccc(C2CC2)n1. The minimum absolute atomic E-state index is 0.713. The number of rotatable bonds is 1. The smallest absolute Gasteiger partial charge is 0.0670 e. The summed E-state index contributed by atoms with van der Waals surface area (Å²) in [5.41, 5.74) is 1.14. The lowest BCUT2D eigenvalue weighted by Crippen LogP contribution is -1.82. The van der Waals surface area contributed by atoms with E-state index in [4.69, 9.17) is 11.8 Å². The standard InChI is InChI=1S/C6H7ClN2/c7-9-4-3-6(8-9)5-1-2-5/h3-5H,1-2H2. The Bertz CT molecular complexity index is 215. The Morgan fingerprint density at radius 2 is 2.44 bits per heavy atom. The van der Waals surface area contributed by atoms with Crippen LogP contribution in [0.3, 0.4) is 0 Å². The first-order valence-electron chi connectivity index (χ1n) is 3.08. The van der Waals surface area contributed by atoms with E-state index in [1.54, 1.807) is 6.20 Å². The van der Waals surface area contributed by atoms with E-state index in [1.807, 2.05) is 6.07 Å². The minimum atomic E-state index is 0.713. The summed E-state index contributed by atoms with van der Waals surface area (Å²) in [6.45, 7) is 0. The largest absolute Gasteiger partial charge is 0.180 e. The molecule has 48 valence electrons. The number of nitrogens with zero attached hydrogens (tertiary/aromatic N) is 2. The fourth-order valence-corrected chi connectivity index (χ4v) is 1.06. The van der Waals surface area contributed by atoms with E-state index >= 15 is 0 Å². The molecule has 0 unspecified atom stereocenters. The van der Waals surface area contributed by atoms with Gasteiger partial charge in [0.05, 0.1) is 5.69 Å². The zero-order chi connectivity index (χ0) is 6.27. The van der Waals surface area contributed by atoms with E-state index in [0.717, 1.165) is 5.69 Å². The van der Waals surface area contributed by atoms with Crippen LogP contribution in [0.25, 0.3) is 0 Å². The number of hydrogen-bond acceptors (Lipinski definition) is 1. The van der Waals surface area contributed by atoms with Crippen molar-refractivity contribution in [3.63, 3.8) is 0 Å². The first kappa shape index (κ1) is 5.30. The molecule has 2 rings (SSSR count). The molecular formula is C6H7ClN2. The summed E-state index contributed by atoms with van der Waals surface area (Å²) < 4.78 is 1.34. The fourth-order valence-electron chi connectivity index (χ4n) is 0.912. The average molecular weight is 143 g/mol. The highest BCUT2D eigenvalue weighted by molar-refractivity contribution is 6.14. The Morgan fingerprint density at radius 3 is 2.89 bits per heavy atom. The molecule has 1 aliphatic carbocycles. The third kappa shape index (κ3) is 0.944. The normalized spacial score (nSPS) is 18.3. The lowest BCUT2D eigenvalue weighted by Gasteiger charge is -1.83. The Labute approximate surface area is 58.5 Å². The van der Waals surface area contributed by atoms with Crippen LogP contribution in [-0.4, -0.2) is 9.30 Å². The molecule has 2 nitrogen and oxygen atoms in total. The first-order chi connectivity index (χ1) is 4.36.